The number of anilines is 1. The monoisotopic (exact) mass is 320 g/mol. The summed E-state index contributed by atoms with van der Waals surface area (Å²) in [6, 6.07) is 21.7. The molecule has 0 fully saturated rings. The van der Waals surface area contributed by atoms with E-state index in [2.05, 4.69) is 5.10 Å². The highest BCUT2D eigenvalue weighted by Crippen LogP contribution is 2.11. The van der Waals surface area contributed by atoms with Gasteiger partial charge in [-0.2, -0.15) is 5.10 Å². The van der Waals surface area contributed by atoms with Crippen LogP contribution in [0.1, 0.15) is 11.1 Å². The summed E-state index contributed by atoms with van der Waals surface area (Å²) in [7, 11) is 0. The predicted octanol–water partition coefficient (Wildman–Crippen LogP) is 2.69. The van der Waals surface area contributed by atoms with Gasteiger partial charge in [0.2, 0.25) is 5.91 Å². The van der Waals surface area contributed by atoms with Gasteiger partial charge >= 0.3 is 0 Å². The standard InChI is InChI=1S/C19H20N4O/c20-18-11-12-23(21-18)15-19(24)22(13-16-7-3-1-4-8-16)14-17-9-5-2-6-10-17/h1-12H,13-15H2,(H2,20,21). The van der Waals surface area contributed by atoms with E-state index in [0.29, 0.717) is 18.9 Å². The van der Waals surface area contributed by atoms with Crippen molar-refractivity contribution in [3.05, 3.63) is 84.1 Å². The number of nitrogens with zero attached hydrogens (tertiary/aromatic N) is 3. The quantitative estimate of drug-likeness (QED) is 0.759. The van der Waals surface area contributed by atoms with Crippen molar-refractivity contribution in [1.29, 1.82) is 0 Å². The number of hydrogen-bond donors (Lipinski definition) is 1. The number of nitrogens with two attached hydrogens (primary N) is 1. The van der Waals surface area contributed by atoms with Crippen LogP contribution in [0.15, 0.2) is 72.9 Å². The highest BCUT2D eigenvalue weighted by atomic mass is 16.2. The van der Waals surface area contributed by atoms with Crippen LogP contribution in [0, 0.1) is 0 Å². The second kappa shape index (κ2) is 7.46. The van der Waals surface area contributed by atoms with Gasteiger partial charge in [0.05, 0.1) is 0 Å². The summed E-state index contributed by atoms with van der Waals surface area (Å²) in [5, 5.41) is 4.09. The fraction of sp³-hybridized carbons (Fsp3) is 0.158. The lowest BCUT2D eigenvalue weighted by Gasteiger charge is -2.23. The van der Waals surface area contributed by atoms with Crippen LogP contribution in [0.4, 0.5) is 5.82 Å². The first-order valence-corrected chi connectivity index (χ1v) is 7.85. The molecule has 0 unspecified atom stereocenters. The third-order valence-corrected chi connectivity index (χ3v) is 3.74. The van der Waals surface area contributed by atoms with E-state index in [-0.39, 0.29) is 12.5 Å². The number of amides is 1. The van der Waals surface area contributed by atoms with E-state index < -0.39 is 0 Å². The van der Waals surface area contributed by atoms with Crippen LogP contribution in [-0.2, 0) is 24.4 Å². The zero-order chi connectivity index (χ0) is 16.8. The third-order valence-electron chi connectivity index (χ3n) is 3.74. The first-order chi connectivity index (χ1) is 11.7. The van der Waals surface area contributed by atoms with Crippen molar-refractivity contribution in [1.82, 2.24) is 14.7 Å². The van der Waals surface area contributed by atoms with Crippen LogP contribution in [0.25, 0.3) is 0 Å². The molecule has 1 aromatic heterocycles. The van der Waals surface area contributed by atoms with Gasteiger partial charge in [0.15, 0.2) is 0 Å². The zero-order valence-electron chi connectivity index (χ0n) is 13.4. The number of benzene rings is 2. The molecule has 0 spiro atoms. The maximum absolute atomic E-state index is 12.8. The Morgan fingerprint density at radius 3 is 1.92 bits per heavy atom. The second-order valence-electron chi connectivity index (χ2n) is 5.66. The number of hydrogen-bond acceptors (Lipinski definition) is 3. The molecule has 5 nitrogen and oxygen atoms in total. The molecule has 1 heterocycles. The van der Waals surface area contributed by atoms with E-state index in [9.17, 15) is 4.79 Å². The molecular weight excluding hydrogens is 300 g/mol. The fourth-order valence-electron chi connectivity index (χ4n) is 2.54. The lowest BCUT2D eigenvalue weighted by molar-refractivity contribution is -0.133. The molecule has 5 heteroatoms. The molecule has 0 aliphatic carbocycles. The number of rotatable bonds is 6. The largest absolute Gasteiger partial charge is 0.382 e. The Morgan fingerprint density at radius 1 is 0.917 bits per heavy atom. The molecule has 24 heavy (non-hydrogen) atoms. The molecule has 3 aromatic rings. The minimum Gasteiger partial charge on any atom is -0.382 e. The summed E-state index contributed by atoms with van der Waals surface area (Å²) in [5.74, 6) is 0.422. The Balaban J connectivity index is 1.76. The van der Waals surface area contributed by atoms with Crippen LogP contribution in [-0.4, -0.2) is 20.6 Å². The van der Waals surface area contributed by atoms with Gasteiger partial charge in [-0.15, -0.1) is 0 Å². The van der Waals surface area contributed by atoms with Gasteiger partial charge in [-0.05, 0) is 17.2 Å². The van der Waals surface area contributed by atoms with Crippen LogP contribution in [0.3, 0.4) is 0 Å². The van der Waals surface area contributed by atoms with Gasteiger partial charge in [-0.25, -0.2) is 0 Å². The lowest BCUT2D eigenvalue weighted by atomic mass is 10.1. The van der Waals surface area contributed by atoms with Crippen LogP contribution >= 0.6 is 0 Å². The van der Waals surface area contributed by atoms with Crippen molar-refractivity contribution >= 4 is 11.7 Å². The first kappa shape index (κ1) is 15.8. The van der Waals surface area contributed by atoms with Gasteiger partial charge in [0.1, 0.15) is 12.4 Å². The van der Waals surface area contributed by atoms with E-state index in [1.807, 2.05) is 65.6 Å². The Bertz CT molecular complexity index is 742. The van der Waals surface area contributed by atoms with Gasteiger partial charge in [-0.3, -0.25) is 9.48 Å². The minimum atomic E-state index is 0.00538. The lowest BCUT2D eigenvalue weighted by Crippen LogP contribution is -2.33. The summed E-state index contributed by atoms with van der Waals surface area (Å²) < 4.78 is 1.57. The Hall–Kier alpha value is -3.08. The number of nitrogen functional groups attached to an aromatic ring is 1. The average Bonchev–Trinajstić information content (AvgIpc) is 3.01. The van der Waals surface area contributed by atoms with Crippen LogP contribution < -0.4 is 5.73 Å². The van der Waals surface area contributed by atoms with E-state index in [0.717, 1.165) is 11.1 Å². The minimum absolute atomic E-state index is 0.00538. The summed E-state index contributed by atoms with van der Waals surface area (Å²) in [5.41, 5.74) is 7.82. The smallest absolute Gasteiger partial charge is 0.244 e. The van der Waals surface area contributed by atoms with Crippen molar-refractivity contribution in [2.75, 3.05) is 5.73 Å². The molecular formula is C19H20N4O. The highest BCUT2D eigenvalue weighted by molar-refractivity contribution is 5.76. The van der Waals surface area contributed by atoms with Crippen molar-refractivity contribution < 1.29 is 4.79 Å². The van der Waals surface area contributed by atoms with Crippen molar-refractivity contribution in [3.8, 4) is 0 Å². The van der Waals surface area contributed by atoms with Gasteiger partial charge < -0.3 is 10.6 Å². The molecule has 0 aliphatic rings. The fourth-order valence-corrected chi connectivity index (χ4v) is 2.54. The van der Waals surface area contributed by atoms with E-state index in [4.69, 9.17) is 5.73 Å². The summed E-state index contributed by atoms with van der Waals surface area (Å²) in [4.78, 5) is 14.6. The summed E-state index contributed by atoms with van der Waals surface area (Å²) >= 11 is 0. The number of carbonyl (C=O) groups is 1. The Kier molecular flexibility index (Phi) is 4.91. The number of carbonyl (C=O) groups excluding carboxylic acids is 1. The maximum Gasteiger partial charge on any atom is 0.244 e. The Morgan fingerprint density at radius 2 is 1.46 bits per heavy atom. The van der Waals surface area contributed by atoms with Crippen LogP contribution in [0.2, 0.25) is 0 Å². The predicted molar refractivity (Wildman–Crippen MR) is 93.8 cm³/mol. The second-order valence-corrected chi connectivity index (χ2v) is 5.66. The SMILES string of the molecule is Nc1ccn(CC(=O)N(Cc2ccccc2)Cc2ccccc2)n1. The molecule has 2 N–H and O–H groups in total. The molecule has 0 aliphatic heterocycles. The average molecular weight is 320 g/mol. The van der Waals surface area contributed by atoms with Gasteiger partial charge in [0.25, 0.3) is 0 Å². The molecule has 0 atom stereocenters. The molecule has 122 valence electrons. The van der Waals surface area contributed by atoms with Crippen molar-refractivity contribution in [3.63, 3.8) is 0 Å². The van der Waals surface area contributed by atoms with Gasteiger partial charge in [-0.1, -0.05) is 60.7 Å². The van der Waals surface area contributed by atoms with Gasteiger partial charge in [0, 0.05) is 19.3 Å². The molecule has 0 saturated heterocycles. The highest BCUT2D eigenvalue weighted by Gasteiger charge is 2.15. The third kappa shape index (κ3) is 4.23. The van der Waals surface area contributed by atoms with Crippen molar-refractivity contribution in [2.45, 2.75) is 19.6 Å². The summed E-state index contributed by atoms with van der Waals surface area (Å²) in [6.45, 7) is 1.30. The molecule has 2 aromatic carbocycles. The molecule has 0 radical (unpaired) electrons. The number of aromatic nitrogens is 2. The zero-order valence-corrected chi connectivity index (χ0v) is 13.4. The first-order valence-electron chi connectivity index (χ1n) is 7.85. The molecule has 0 bridgehead atoms. The van der Waals surface area contributed by atoms with Crippen LogP contribution in [0.5, 0.6) is 0 Å². The topological polar surface area (TPSA) is 64.2 Å². The molecule has 3 rings (SSSR count). The van der Waals surface area contributed by atoms with E-state index >= 15 is 0 Å². The maximum atomic E-state index is 12.8. The molecule has 1 amide bonds. The Labute approximate surface area is 141 Å². The van der Waals surface area contributed by atoms with E-state index in [1.165, 1.54) is 0 Å². The van der Waals surface area contributed by atoms with E-state index in [1.54, 1.807) is 16.9 Å². The molecule has 0 saturated carbocycles. The van der Waals surface area contributed by atoms with Crippen molar-refractivity contribution in [2.24, 2.45) is 0 Å². The normalized spacial score (nSPS) is 10.5. The summed E-state index contributed by atoms with van der Waals surface area (Å²) in [6.07, 6.45) is 1.72.